The van der Waals surface area contributed by atoms with Crippen LogP contribution in [0.25, 0.3) is 22.3 Å². The van der Waals surface area contributed by atoms with Crippen molar-refractivity contribution >= 4 is 16.7 Å². The van der Waals surface area contributed by atoms with E-state index >= 15 is 0 Å². The zero-order valence-corrected chi connectivity index (χ0v) is 16.8. The number of fused-ring (bicyclic) bond motifs is 1. The van der Waals surface area contributed by atoms with Gasteiger partial charge in [-0.1, -0.05) is 0 Å². The summed E-state index contributed by atoms with van der Waals surface area (Å²) in [5, 5.41) is 14.1. The summed E-state index contributed by atoms with van der Waals surface area (Å²) in [5.74, 6) is 6.15. The second-order valence-corrected chi connectivity index (χ2v) is 7.82. The van der Waals surface area contributed by atoms with Crippen LogP contribution in [-0.2, 0) is 0 Å². The van der Waals surface area contributed by atoms with Crippen LogP contribution in [0.5, 0.6) is 5.75 Å². The number of aromatic nitrogens is 4. The Bertz CT molecular complexity index is 1060. The Morgan fingerprint density at radius 3 is 2.63 bits per heavy atom. The molecule has 30 heavy (non-hydrogen) atoms. The fourth-order valence-electron chi connectivity index (χ4n) is 3.62. The third-order valence-electron chi connectivity index (χ3n) is 5.28. The van der Waals surface area contributed by atoms with Crippen molar-refractivity contribution in [1.82, 2.24) is 19.9 Å². The van der Waals surface area contributed by atoms with Crippen molar-refractivity contribution in [3.05, 3.63) is 30.3 Å². The molecule has 1 aromatic carbocycles. The Kier molecular flexibility index (Phi) is 5.19. The topological polar surface area (TPSA) is 102 Å². The normalized spacial score (nSPS) is 16.4. The molecule has 2 aromatic heterocycles. The van der Waals surface area contributed by atoms with E-state index in [4.69, 9.17) is 10.6 Å². The lowest BCUT2D eigenvalue weighted by atomic mass is 9.94. The average Bonchev–Trinajstić information content (AvgIpc) is 3.04. The summed E-state index contributed by atoms with van der Waals surface area (Å²) < 4.78 is 34.2. The van der Waals surface area contributed by atoms with Crippen LogP contribution in [0, 0.1) is 5.82 Å². The molecular weight excluding hydrogens is 394 g/mol. The molecular formula is C20H24F2N6O2. The van der Waals surface area contributed by atoms with E-state index in [-0.39, 0.29) is 24.7 Å². The highest BCUT2D eigenvalue weighted by atomic mass is 19.1. The Hall–Kier alpha value is -3.01. The van der Waals surface area contributed by atoms with Crippen LogP contribution in [-0.4, -0.2) is 56.4 Å². The van der Waals surface area contributed by atoms with Gasteiger partial charge in [-0.2, -0.15) is 4.79 Å². The van der Waals surface area contributed by atoms with Crippen molar-refractivity contribution in [2.45, 2.75) is 38.5 Å². The summed E-state index contributed by atoms with van der Waals surface area (Å²) in [6, 6.07) is 4.60. The SMILES string of the molecule is CC(C)Oc1cc2c(-c3cc(N4CCC(F)(CO)CC4)ncn3)nn(N)c2cc1F. The molecule has 0 amide bonds. The highest BCUT2D eigenvalue weighted by Crippen LogP contribution is 2.33. The van der Waals surface area contributed by atoms with Crippen molar-refractivity contribution in [3.63, 3.8) is 0 Å². The number of ether oxygens (including phenoxy) is 1. The van der Waals surface area contributed by atoms with Crippen LogP contribution in [0.4, 0.5) is 14.6 Å². The van der Waals surface area contributed by atoms with Gasteiger partial charge in [0.25, 0.3) is 0 Å². The number of benzene rings is 1. The van der Waals surface area contributed by atoms with Gasteiger partial charge in [0.1, 0.15) is 23.5 Å². The fourth-order valence-corrected chi connectivity index (χ4v) is 3.62. The van der Waals surface area contributed by atoms with E-state index in [9.17, 15) is 13.9 Å². The van der Waals surface area contributed by atoms with E-state index in [0.717, 1.165) is 4.79 Å². The van der Waals surface area contributed by atoms with Crippen LogP contribution >= 0.6 is 0 Å². The summed E-state index contributed by atoms with van der Waals surface area (Å²) in [5.41, 5.74) is -0.160. The maximum Gasteiger partial charge on any atom is 0.167 e. The van der Waals surface area contributed by atoms with E-state index < -0.39 is 18.1 Å². The molecule has 3 heterocycles. The van der Waals surface area contributed by atoms with Crippen molar-refractivity contribution in [1.29, 1.82) is 0 Å². The van der Waals surface area contributed by atoms with E-state index in [2.05, 4.69) is 15.1 Å². The lowest BCUT2D eigenvalue weighted by Gasteiger charge is -2.35. The summed E-state index contributed by atoms with van der Waals surface area (Å²) in [6.45, 7) is 4.01. The first kappa shape index (κ1) is 20.3. The number of nitrogens with zero attached hydrogens (tertiary/aromatic N) is 5. The largest absolute Gasteiger partial charge is 0.488 e. The Morgan fingerprint density at radius 1 is 1.23 bits per heavy atom. The second-order valence-electron chi connectivity index (χ2n) is 7.82. The van der Waals surface area contributed by atoms with Gasteiger partial charge in [0.05, 0.1) is 23.9 Å². The van der Waals surface area contributed by atoms with Gasteiger partial charge in [-0.15, -0.1) is 5.10 Å². The number of aliphatic hydroxyl groups excluding tert-OH is 1. The predicted molar refractivity (Wildman–Crippen MR) is 109 cm³/mol. The summed E-state index contributed by atoms with van der Waals surface area (Å²) in [7, 11) is 0. The van der Waals surface area contributed by atoms with Gasteiger partial charge in [-0.3, -0.25) is 0 Å². The van der Waals surface area contributed by atoms with E-state index in [1.807, 2.05) is 18.7 Å². The fraction of sp³-hybridized carbons (Fsp3) is 0.450. The van der Waals surface area contributed by atoms with Gasteiger partial charge >= 0.3 is 0 Å². The minimum absolute atomic E-state index is 0.111. The molecule has 8 nitrogen and oxygen atoms in total. The zero-order valence-electron chi connectivity index (χ0n) is 16.8. The molecule has 1 aliphatic heterocycles. The molecule has 0 spiro atoms. The monoisotopic (exact) mass is 418 g/mol. The molecule has 0 bridgehead atoms. The number of nitrogen functional groups attached to an aromatic ring is 1. The molecule has 0 aliphatic carbocycles. The minimum atomic E-state index is -1.54. The van der Waals surface area contributed by atoms with Gasteiger partial charge in [0.15, 0.2) is 11.6 Å². The maximum atomic E-state index is 14.4. The predicted octanol–water partition coefficient (Wildman–Crippen LogP) is 2.43. The molecule has 0 unspecified atom stereocenters. The van der Waals surface area contributed by atoms with Gasteiger partial charge in [-0.05, 0) is 19.9 Å². The van der Waals surface area contributed by atoms with Crippen LogP contribution < -0.4 is 15.5 Å². The molecule has 3 N–H and O–H groups in total. The molecule has 10 heteroatoms. The van der Waals surface area contributed by atoms with Crippen LogP contribution in [0.1, 0.15) is 26.7 Å². The lowest BCUT2D eigenvalue weighted by molar-refractivity contribution is 0.0480. The molecule has 0 atom stereocenters. The number of anilines is 1. The average molecular weight is 418 g/mol. The van der Waals surface area contributed by atoms with Crippen molar-refractivity contribution in [2.75, 3.05) is 30.4 Å². The van der Waals surface area contributed by atoms with Crippen molar-refractivity contribution < 1.29 is 18.6 Å². The Labute approximate surface area is 172 Å². The molecule has 0 saturated carbocycles. The zero-order chi connectivity index (χ0) is 21.5. The van der Waals surface area contributed by atoms with Gasteiger partial charge < -0.3 is 20.6 Å². The first-order valence-corrected chi connectivity index (χ1v) is 9.81. The third kappa shape index (κ3) is 3.74. The highest BCUT2D eigenvalue weighted by Gasteiger charge is 2.34. The molecule has 4 rings (SSSR count). The van der Waals surface area contributed by atoms with Crippen LogP contribution in [0.2, 0.25) is 0 Å². The molecule has 3 aromatic rings. The van der Waals surface area contributed by atoms with E-state index in [1.165, 1.54) is 12.4 Å². The van der Waals surface area contributed by atoms with Crippen LogP contribution in [0.3, 0.4) is 0 Å². The maximum absolute atomic E-state index is 14.4. The number of halogens is 2. The van der Waals surface area contributed by atoms with Gasteiger partial charge in [0, 0.05) is 43.5 Å². The van der Waals surface area contributed by atoms with Crippen LogP contribution in [0.15, 0.2) is 24.5 Å². The number of piperidine rings is 1. The summed E-state index contributed by atoms with van der Waals surface area (Å²) in [4.78, 5) is 11.7. The highest BCUT2D eigenvalue weighted by molar-refractivity contribution is 5.93. The van der Waals surface area contributed by atoms with Crippen molar-refractivity contribution in [3.8, 4) is 17.1 Å². The first-order chi connectivity index (χ1) is 14.3. The Morgan fingerprint density at radius 2 is 1.97 bits per heavy atom. The van der Waals surface area contributed by atoms with E-state index in [1.54, 1.807) is 12.1 Å². The summed E-state index contributed by atoms with van der Waals surface area (Å²) >= 11 is 0. The second kappa shape index (κ2) is 7.67. The number of rotatable bonds is 5. The first-order valence-electron chi connectivity index (χ1n) is 9.81. The minimum Gasteiger partial charge on any atom is -0.488 e. The molecule has 1 aliphatic rings. The third-order valence-corrected chi connectivity index (χ3v) is 5.28. The Balaban J connectivity index is 1.70. The molecule has 1 fully saturated rings. The number of alkyl halides is 1. The number of hydrogen-bond acceptors (Lipinski definition) is 7. The standard InChI is InChI=1S/C20H24F2N6O2/c1-12(2)30-17-7-13-16(8-14(17)21)28(23)26-19(13)15-9-18(25-11-24-15)27-5-3-20(22,10-29)4-6-27/h7-9,11-12,29H,3-6,10,23H2,1-2H3. The van der Waals surface area contributed by atoms with Crippen molar-refractivity contribution in [2.24, 2.45) is 0 Å². The number of aliphatic hydroxyl groups is 1. The molecule has 160 valence electrons. The molecule has 1 saturated heterocycles. The van der Waals surface area contributed by atoms with E-state index in [0.29, 0.717) is 41.2 Å². The number of nitrogens with two attached hydrogens (primary N) is 1. The summed E-state index contributed by atoms with van der Waals surface area (Å²) in [6.07, 6.45) is 1.65. The number of hydrogen-bond donors (Lipinski definition) is 2. The molecule has 0 radical (unpaired) electrons. The smallest absolute Gasteiger partial charge is 0.167 e. The van der Waals surface area contributed by atoms with Gasteiger partial charge in [0.2, 0.25) is 0 Å². The van der Waals surface area contributed by atoms with Gasteiger partial charge in [-0.25, -0.2) is 18.7 Å². The lowest BCUT2D eigenvalue weighted by Crippen LogP contribution is -2.44. The quantitative estimate of drug-likeness (QED) is 0.614.